The second-order valence-corrected chi connectivity index (χ2v) is 11.9. The smallest absolute Gasteiger partial charge is 0.311 e. The van der Waals surface area contributed by atoms with E-state index in [0.717, 1.165) is 51.9 Å². The molecule has 0 aromatic carbocycles. The highest BCUT2D eigenvalue weighted by Gasteiger charge is 2.77. The highest BCUT2D eigenvalue weighted by molar-refractivity contribution is 5.77. The van der Waals surface area contributed by atoms with Gasteiger partial charge in [0.25, 0.3) is 5.56 Å². The lowest BCUT2D eigenvalue weighted by molar-refractivity contribution is -0.168. The summed E-state index contributed by atoms with van der Waals surface area (Å²) in [5.74, 6) is 2.14. The summed E-state index contributed by atoms with van der Waals surface area (Å²) >= 11 is 0. The van der Waals surface area contributed by atoms with Crippen molar-refractivity contribution in [3.05, 3.63) is 34.2 Å². The van der Waals surface area contributed by atoms with E-state index in [1.54, 1.807) is 6.07 Å². The third-order valence-electron chi connectivity index (χ3n) is 10.1. The van der Waals surface area contributed by atoms with E-state index in [0.29, 0.717) is 23.7 Å². The molecule has 1 aromatic heterocycles. The molecule has 6 aliphatic rings. The van der Waals surface area contributed by atoms with E-state index >= 15 is 0 Å². The fourth-order valence-electron chi connectivity index (χ4n) is 8.68. The minimum atomic E-state index is -0.391. The number of rotatable bonds is 2. The van der Waals surface area contributed by atoms with Crippen LogP contribution in [0, 0.1) is 29.6 Å². The molecule has 1 unspecified atom stereocenters. The van der Waals surface area contributed by atoms with Gasteiger partial charge in [0.05, 0.1) is 11.5 Å². The van der Waals surface area contributed by atoms with Crippen LogP contribution in [0.1, 0.15) is 57.6 Å². The first-order valence-electron chi connectivity index (χ1n) is 12.7. The standard InChI is InChI=1S/C26H34N2O4/c1-15-6-7-20-18(23(30)31-26(20)19(15)8-9-25(2)24(26)32-25)14-27-11-16-10-17(13-27)21-4-3-5-22(29)28(21)12-16/h3-5,15-20,24H,6-14H2,1-2H3/t15-,16-,17+,18?,19+,20+,24-,25-,26-/m1/s1. The van der Waals surface area contributed by atoms with Gasteiger partial charge in [-0.1, -0.05) is 13.0 Å². The Morgan fingerprint density at radius 2 is 1.97 bits per heavy atom. The minimum absolute atomic E-state index is 0.0150. The highest BCUT2D eigenvalue weighted by Crippen LogP contribution is 2.66. The minimum Gasteiger partial charge on any atom is -0.455 e. The number of aromatic nitrogens is 1. The van der Waals surface area contributed by atoms with Crippen molar-refractivity contribution in [2.45, 2.75) is 75.7 Å². The molecule has 6 heteroatoms. The predicted molar refractivity (Wildman–Crippen MR) is 118 cm³/mol. The Hall–Kier alpha value is -1.66. The molecule has 172 valence electrons. The number of likely N-dealkylation sites (tertiary alicyclic amines) is 1. The summed E-state index contributed by atoms with van der Waals surface area (Å²) in [6.07, 6.45) is 5.71. The van der Waals surface area contributed by atoms with Gasteiger partial charge in [-0.15, -0.1) is 0 Å². The highest BCUT2D eigenvalue weighted by atomic mass is 16.7. The van der Waals surface area contributed by atoms with Gasteiger partial charge in [-0.05, 0) is 56.9 Å². The van der Waals surface area contributed by atoms with Gasteiger partial charge < -0.3 is 18.9 Å². The van der Waals surface area contributed by atoms with Gasteiger partial charge >= 0.3 is 5.97 Å². The van der Waals surface area contributed by atoms with Gasteiger partial charge in [0.1, 0.15) is 11.7 Å². The summed E-state index contributed by atoms with van der Waals surface area (Å²) in [6, 6.07) is 5.68. The van der Waals surface area contributed by atoms with E-state index in [2.05, 4.69) is 24.8 Å². The van der Waals surface area contributed by atoms with Crippen molar-refractivity contribution in [3.63, 3.8) is 0 Å². The Kier molecular flexibility index (Phi) is 4.00. The van der Waals surface area contributed by atoms with E-state index < -0.39 is 5.60 Å². The number of piperidine rings is 1. The first-order chi connectivity index (χ1) is 15.4. The molecular formula is C26H34N2O4. The van der Waals surface area contributed by atoms with Crippen molar-refractivity contribution < 1.29 is 14.3 Å². The maximum atomic E-state index is 13.4. The molecule has 2 bridgehead atoms. The van der Waals surface area contributed by atoms with Crippen LogP contribution in [0.2, 0.25) is 0 Å². The molecule has 0 amide bonds. The Bertz CT molecular complexity index is 1040. The van der Waals surface area contributed by atoms with Gasteiger partial charge in [-0.25, -0.2) is 0 Å². The van der Waals surface area contributed by atoms with E-state index in [1.165, 1.54) is 12.1 Å². The maximum absolute atomic E-state index is 13.4. The third kappa shape index (κ3) is 2.54. The van der Waals surface area contributed by atoms with Crippen LogP contribution in [0.3, 0.4) is 0 Å². The van der Waals surface area contributed by atoms with Gasteiger partial charge in [0.2, 0.25) is 0 Å². The number of nitrogens with zero attached hydrogens (tertiary/aromatic N) is 2. The van der Waals surface area contributed by atoms with Crippen molar-refractivity contribution in [2.24, 2.45) is 29.6 Å². The molecule has 7 rings (SSSR count). The molecule has 5 fully saturated rings. The molecule has 32 heavy (non-hydrogen) atoms. The summed E-state index contributed by atoms with van der Waals surface area (Å²) in [6.45, 7) is 8.06. The largest absolute Gasteiger partial charge is 0.455 e. The Morgan fingerprint density at radius 3 is 2.84 bits per heavy atom. The van der Waals surface area contributed by atoms with Gasteiger partial charge in [0.15, 0.2) is 0 Å². The summed E-state index contributed by atoms with van der Waals surface area (Å²) in [7, 11) is 0. The van der Waals surface area contributed by atoms with Crippen molar-refractivity contribution in [1.82, 2.24) is 9.47 Å². The van der Waals surface area contributed by atoms with Crippen LogP contribution in [0.4, 0.5) is 0 Å². The van der Waals surface area contributed by atoms with Crippen LogP contribution in [0.15, 0.2) is 23.0 Å². The van der Waals surface area contributed by atoms with Crippen LogP contribution in [-0.4, -0.2) is 52.4 Å². The molecule has 4 aliphatic heterocycles. The SMILES string of the molecule is C[C@@H]1CC[C@H]2C(CN3C[C@H]4C[C@@H](C3)c3cccc(=O)n3C4)C(=O)O[C@]23[C@H]1CC[C@@]1(C)O[C@@H]31. The molecular weight excluding hydrogens is 404 g/mol. The average Bonchev–Trinajstić information content (AvgIpc) is 3.39. The zero-order valence-electron chi connectivity index (χ0n) is 19.2. The number of carbonyl (C=O) groups is 1. The molecule has 6 nitrogen and oxygen atoms in total. The van der Waals surface area contributed by atoms with Crippen LogP contribution < -0.4 is 5.56 Å². The summed E-state index contributed by atoms with van der Waals surface area (Å²) in [5.41, 5.74) is 0.821. The average molecular weight is 439 g/mol. The topological polar surface area (TPSA) is 64.1 Å². The molecule has 0 radical (unpaired) electrons. The summed E-state index contributed by atoms with van der Waals surface area (Å²) in [4.78, 5) is 28.2. The summed E-state index contributed by atoms with van der Waals surface area (Å²) in [5, 5.41) is 0. The summed E-state index contributed by atoms with van der Waals surface area (Å²) < 4.78 is 14.7. The second kappa shape index (κ2) is 6.47. The number of carbonyl (C=O) groups excluding carboxylic acids is 1. The van der Waals surface area contributed by atoms with E-state index in [4.69, 9.17) is 9.47 Å². The van der Waals surface area contributed by atoms with Crippen LogP contribution in [0.5, 0.6) is 0 Å². The van der Waals surface area contributed by atoms with Crippen LogP contribution >= 0.6 is 0 Å². The molecule has 2 saturated carbocycles. The fraction of sp³-hybridized carbons (Fsp3) is 0.769. The van der Waals surface area contributed by atoms with Crippen LogP contribution in [0.25, 0.3) is 0 Å². The number of epoxide rings is 1. The van der Waals surface area contributed by atoms with Crippen molar-refractivity contribution in [1.29, 1.82) is 0 Å². The van der Waals surface area contributed by atoms with Gasteiger partial charge in [-0.2, -0.15) is 0 Å². The molecule has 5 heterocycles. The van der Waals surface area contributed by atoms with E-state index in [-0.39, 0.29) is 35.1 Å². The maximum Gasteiger partial charge on any atom is 0.311 e. The number of pyridine rings is 1. The number of hydrogen-bond donors (Lipinski definition) is 0. The van der Waals surface area contributed by atoms with Crippen molar-refractivity contribution in [3.8, 4) is 0 Å². The van der Waals surface area contributed by atoms with Gasteiger partial charge in [-0.3, -0.25) is 9.59 Å². The third-order valence-corrected chi connectivity index (χ3v) is 10.1. The molecule has 1 spiro atoms. The molecule has 3 saturated heterocycles. The monoisotopic (exact) mass is 438 g/mol. The molecule has 0 N–H and O–H groups in total. The Balaban J connectivity index is 1.16. The number of fused-ring (bicyclic) bond motifs is 5. The normalized spacial score (nSPS) is 48.8. The quantitative estimate of drug-likeness (QED) is 0.525. The second-order valence-electron chi connectivity index (χ2n) is 11.9. The van der Waals surface area contributed by atoms with E-state index in [9.17, 15) is 9.59 Å². The lowest BCUT2D eigenvalue weighted by Crippen LogP contribution is -2.58. The Morgan fingerprint density at radius 1 is 1.09 bits per heavy atom. The zero-order chi connectivity index (χ0) is 21.8. The number of hydrogen-bond acceptors (Lipinski definition) is 5. The zero-order valence-corrected chi connectivity index (χ0v) is 19.2. The van der Waals surface area contributed by atoms with Crippen LogP contribution in [-0.2, 0) is 20.8 Å². The van der Waals surface area contributed by atoms with Crippen molar-refractivity contribution in [2.75, 3.05) is 19.6 Å². The fourth-order valence-corrected chi connectivity index (χ4v) is 8.68. The lowest BCUT2D eigenvalue weighted by Gasteiger charge is -2.50. The molecule has 2 aliphatic carbocycles. The first kappa shape index (κ1) is 19.8. The van der Waals surface area contributed by atoms with Crippen molar-refractivity contribution >= 4 is 5.97 Å². The Labute approximate surface area is 189 Å². The van der Waals surface area contributed by atoms with Gasteiger partial charge in [0, 0.05) is 55.7 Å². The lowest BCUT2D eigenvalue weighted by atomic mass is 9.55. The number of esters is 1. The predicted octanol–water partition coefficient (Wildman–Crippen LogP) is 2.79. The van der Waals surface area contributed by atoms with E-state index in [1.807, 2.05) is 10.6 Å². The first-order valence-corrected chi connectivity index (χ1v) is 12.7. The molecule has 9 atom stereocenters. The number of ether oxygens (including phenoxy) is 2. The molecule has 1 aromatic rings.